The minimum atomic E-state index is -0.655. The van der Waals surface area contributed by atoms with Crippen LogP contribution in [0.5, 0.6) is 0 Å². The van der Waals surface area contributed by atoms with Crippen molar-refractivity contribution < 1.29 is 9.59 Å². The predicted molar refractivity (Wildman–Crippen MR) is 130 cm³/mol. The summed E-state index contributed by atoms with van der Waals surface area (Å²) in [7, 11) is 0. The molecule has 5 rings (SSSR count). The van der Waals surface area contributed by atoms with Gasteiger partial charge in [-0.2, -0.15) is 5.10 Å². The number of carbonyl (C=O) groups is 2. The molecule has 34 heavy (non-hydrogen) atoms. The molecule has 10 heteroatoms. The Labute approximate surface area is 202 Å². The first-order valence-electron chi connectivity index (χ1n) is 11.1. The van der Waals surface area contributed by atoms with Crippen LogP contribution in [0.25, 0.3) is 0 Å². The third kappa shape index (κ3) is 4.02. The van der Waals surface area contributed by atoms with Crippen molar-refractivity contribution in [2.45, 2.75) is 33.2 Å². The molecule has 2 aromatic carbocycles. The molecule has 3 unspecified atom stereocenters. The van der Waals surface area contributed by atoms with Gasteiger partial charge in [-0.3, -0.25) is 19.9 Å². The largest absolute Gasteiger partial charge is 0.321 e. The van der Waals surface area contributed by atoms with Gasteiger partial charge in [0.25, 0.3) is 5.91 Å². The Balaban J connectivity index is 1.41. The summed E-state index contributed by atoms with van der Waals surface area (Å²) in [4.78, 5) is 25.9. The van der Waals surface area contributed by atoms with Crippen LogP contribution >= 0.6 is 11.6 Å². The lowest BCUT2D eigenvalue weighted by Crippen LogP contribution is -2.61. The number of hydrogen-bond donors (Lipinski definition) is 4. The average Bonchev–Trinajstić information content (AvgIpc) is 3.39. The van der Waals surface area contributed by atoms with Crippen molar-refractivity contribution >= 4 is 34.9 Å². The Kier molecular flexibility index (Phi) is 5.76. The number of aryl methyl sites for hydroxylation is 3. The number of carbonyl (C=O) groups excluding carboxylic acids is 2. The van der Waals surface area contributed by atoms with E-state index in [4.69, 9.17) is 11.6 Å². The van der Waals surface area contributed by atoms with Crippen molar-refractivity contribution in [2.24, 2.45) is 5.92 Å². The SMILES string of the molecule is Cc1cc(NC(=O)c2ccccc2Cl)n(C2NC(=O)C3CNN(c4ccc(C)c(C)c4)C3N2)n1. The first-order valence-corrected chi connectivity index (χ1v) is 11.5. The van der Waals surface area contributed by atoms with Gasteiger partial charge < -0.3 is 10.6 Å². The molecule has 2 amide bonds. The van der Waals surface area contributed by atoms with Gasteiger partial charge in [0, 0.05) is 12.6 Å². The maximum absolute atomic E-state index is 13.0. The maximum atomic E-state index is 13.0. The molecule has 0 saturated carbocycles. The molecular weight excluding hydrogens is 454 g/mol. The minimum absolute atomic E-state index is 0.0934. The number of halogens is 1. The summed E-state index contributed by atoms with van der Waals surface area (Å²) in [5.41, 5.74) is 7.75. The van der Waals surface area contributed by atoms with Crippen molar-refractivity contribution in [3.63, 3.8) is 0 Å². The van der Waals surface area contributed by atoms with E-state index in [2.05, 4.69) is 52.5 Å². The molecule has 1 aromatic heterocycles. The van der Waals surface area contributed by atoms with Gasteiger partial charge in [0.15, 0.2) is 6.29 Å². The van der Waals surface area contributed by atoms with Crippen molar-refractivity contribution in [1.82, 2.24) is 25.8 Å². The molecule has 2 aliphatic heterocycles. The molecule has 3 atom stereocenters. The summed E-state index contributed by atoms with van der Waals surface area (Å²) in [6, 6.07) is 14.8. The van der Waals surface area contributed by atoms with Gasteiger partial charge in [-0.15, -0.1) is 0 Å². The zero-order chi connectivity index (χ0) is 24.0. The van der Waals surface area contributed by atoms with Gasteiger partial charge in [-0.1, -0.05) is 29.8 Å². The van der Waals surface area contributed by atoms with Gasteiger partial charge in [0.05, 0.1) is 27.9 Å². The summed E-state index contributed by atoms with van der Waals surface area (Å²) in [6.45, 7) is 6.47. The molecule has 9 nitrogen and oxygen atoms in total. The highest BCUT2D eigenvalue weighted by molar-refractivity contribution is 6.34. The minimum Gasteiger partial charge on any atom is -0.321 e. The molecule has 0 radical (unpaired) electrons. The number of aromatic nitrogens is 2. The second kappa shape index (κ2) is 8.75. The quantitative estimate of drug-likeness (QED) is 0.459. The van der Waals surface area contributed by atoms with Gasteiger partial charge >= 0.3 is 0 Å². The lowest BCUT2D eigenvalue weighted by atomic mass is 10.0. The van der Waals surface area contributed by atoms with Crippen molar-refractivity contribution in [3.8, 4) is 0 Å². The first kappa shape index (κ1) is 22.4. The normalized spacial score (nSPS) is 21.8. The van der Waals surface area contributed by atoms with E-state index in [0.717, 1.165) is 5.69 Å². The lowest BCUT2D eigenvalue weighted by Gasteiger charge is -2.37. The molecule has 2 aliphatic rings. The van der Waals surface area contributed by atoms with E-state index in [1.54, 1.807) is 35.0 Å². The maximum Gasteiger partial charge on any atom is 0.258 e. The van der Waals surface area contributed by atoms with Crippen LogP contribution in [0.3, 0.4) is 0 Å². The molecule has 0 aliphatic carbocycles. The molecular formula is C24H26ClN7O2. The number of benzene rings is 2. The summed E-state index contributed by atoms with van der Waals surface area (Å²) in [5, 5.41) is 16.2. The zero-order valence-corrected chi connectivity index (χ0v) is 19.8. The van der Waals surface area contributed by atoms with E-state index in [-0.39, 0.29) is 23.9 Å². The van der Waals surface area contributed by atoms with E-state index in [9.17, 15) is 9.59 Å². The summed E-state index contributed by atoms with van der Waals surface area (Å²) < 4.78 is 1.58. The van der Waals surface area contributed by atoms with Crippen LogP contribution in [0.2, 0.25) is 5.02 Å². The van der Waals surface area contributed by atoms with Crippen LogP contribution in [0.1, 0.15) is 33.5 Å². The molecule has 4 N–H and O–H groups in total. The number of amides is 2. The number of nitrogens with one attached hydrogen (secondary N) is 4. The van der Waals surface area contributed by atoms with Crippen LogP contribution in [-0.4, -0.2) is 34.3 Å². The van der Waals surface area contributed by atoms with Crippen LogP contribution in [-0.2, 0) is 4.79 Å². The number of fused-ring (bicyclic) bond motifs is 1. The fourth-order valence-electron chi connectivity index (χ4n) is 4.35. The van der Waals surface area contributed by atoms with Crippen molar-refractivity contribution in [3.05, 3.63) is 75.9 Å². The Morgan fingerprint density at radius 2 is 1.91 bits per heavy atom. The molecule has 3 heterocycles. The summed E-state index contributed by atoms with van der Waals surface area (Å²) >= 11 is 6.19. The molecule has 176 valence electrons. The Hall–Kier alpha value is -3.40. The number of hydrazine groups is 1. The first-order chi connectivity index (χ1) is 16.3. The summed E-state index contributed by atoms with van der Waals surface area (Å²) in [5.74, 6) is -0.284. The van der Waals surface area contributed by atoms with E-state index in [1.807, 2.05) is 18.0 Å². The van der Waals surface area contributed by atoms with Gasteiger partial charge in [0.1, 0.15) is 12.0 Å². The molecule has 0 spiro atoms. The van der Waals surface area contributed by atoms with E-state index < -0.39 is 6.29 Å². The fourth-order valence-corrected chi connectivity index (χ4v) is 4.58. The highest BCUT2D eigenvalue weighted by atomic mass is 35.5. The predicted octanol–water partition coefficient (Wildman–Crippen LogP) is 2.86. The molecule has 2 saturated heterocycles. The molecule has 2 fully saturated rings. The van der Waals surface area contributed by atoms with Crippen LogP contribution in [0, 0.1) is 26.7 Å². The van der Waals surface area contributed by atoms with Gasteiger partial charge in [0.2, 0.25) is 5.91 Å². The Morgan fingerprint density at radius 3 is 2.68 bits per heavy atom. The van der Waals surface area contributed by atoms with E-state index in [1.165, 1.54) is 11.1 Å². The number of anilines is 2. The van der Waals surface area contributed by atoms with Crippen LogP contribution < -0.4 is 26.4 Å². The number of rotatable bonds is 4. The van der Waals surface area contributed by atoms with E-state index >= 15 is 0 Å². The standard InChI is InChI=1S/C24H26ClN7O2/c1-13-8-9-16(10-14(13)2)31-21-18(12-26-31)23(34)29-24(28-21)32-20(11-15(3)30-32)27-22(33)17-6-4-5-7-19(17)25/h4-11,18,21,24,26,28H,12H2,1-3H3,(H,27,33)(H,29,34). The van der Waals surface area contributed by atoms with Crippen LogP contribution in [0.4, 0.5) is 11.5 Å². The zero-order valence-electron chi connectivity index (χ0n) is 19.1. The van der Waals surface area contributed by atoms with Crippen molar-refractivity contribution in [2.75, 3.05) is 16.9 Å². The summed E-state index contributed by atoms with van der Waals surface area (Å²) in [6.07, 6.45) is -0.949. The van der Waals surface area contributed by atoms with Crippen molar-refractivity contribution in [1.29, 1.82) is 0 Å². The third-order valence-corrected chi connectivity index (χ3v) is 6.65. The van der Waals surface area contributed by atoms with E-state index in [0.29, 0.717) is 28.6 Å². The second-order valence-corrected chi connectivity index (χ2v) is 9.09. The highest BCUT2D eigenvalue weighted by Crippen LogP contribution is 2.29. The van der Waals surface area contributed by atoms with Gasteiger partial charge in [-0.25, -0.2) is 10.1 Å². The average molecular weight is 480 g/mol. The van der Waals surface area contributed by atoms with Crippen LogP contribution in [0.15, 0.2) is 48.5 Å². The van der Waals surface area contributed by atoms with Gasteiger partial charge in [-0.05, 0) is 56.2 Å². The third-order valence-electron chi connectivity index (χ3n) is 6.32. The lowest BCUT2D eigenvalue weighted by molar-refractivity contribution is -0.129. The molecule has 3 aromatic rings. The number of hydrogen-bond acceptors (Lipinski definition) is 6. The fraction of sp³-hybridized carbons (Fsp3) is 0.292. The second-order valence-electron chi connectivity index (χ2n) is 8.68. The molecule has 0 bridgehead atoms. The monoisotopic (exact) mass is 479 g/mol. The Morgan fingerprint density at radius 1 is 1.12 bits per heavy atom. The smallest absolute Gasteiger partial charge is 0.258 e. The Bertz CT molecular complexity index is 1270. The topological polar surface area (TPSA) is 103 Å². The highest BCUT2D eigenvalue weighted by Gasteiger charge is 2.45. The number of nitrogens with zero attached hydrogens (tertiary/aromatic N) is 3.